The van der Waals surface area contributed by atoms with E-state index < -0.39 is 97.5 Å². The third-order valence-corrected chi connectivity index (χ3v) is 21.4. The molecule has 7 atom stereocenters. The van der Waals surface area contributed by atoms with Crippen LogP contribution in [0, 0.1) is 23.7 Å². The van der Waals surface area contributed by atoms with E-state index >= 15 is 0 Å². The molecule has 0 saturated carbocycles. The predicted octanol–water partition coefficient (Wildman–Crippen LogP) is 24.0. The van der Waals surface area contributed by atoms with Gasteiger partial charge in [-0.1, -0.05) is 364 Å². The fourth-order valence-electron chi connectivity index (χ4n) is 12.4. The lowest BCUT2D eigenvalue weighted by Gasteiger charge is -2.21. The Balaban J connectivity index is 5.10. The molecular weight excluding hydrogens is 1310 g/mol. The molecule has 0 aliphatic heterocycles. The van der Waals surface area contributed by atoms with E-state index in [1.807, 2.05) is 0 Å². The number of ether oxygens (including phenoxy) is 4. The highest BCUT2D eigenvalue weighted by molar-refractivity contribution is 7.47. The van der Waals surface area contributed by atoms with E-state index in [4.69, 9.17) is 37.0 Å². The molecule has 0 saturated heterocycles. The molecule has 0 aromatic rings. The van der Waals surface area contributed by atoms with E-state index in [1.165, 1.54) is 212 Å². The first kappa shape index (κ1) is 98.1. The van der Waals surface area contributed by atoms with Crippen molar-refractivity contribution < 1.29 is 80.2 Å². The summed E-state index contributed by atoms with van der Waals surface area (Å²) in [5.74, 6) is 0.961. The van der Waals surface area contributed by atoms with E-state index in [0.717, 1.165) is 114 Å². The van der Waals surface area contributed by atoms with Crippen molar-refractivity contribution in [3.05, 3.63) is 0 Å². The Kier molecular flexibility index (Phi) is 68.7. The van der Waals surface area contributed by atoms with Crippen molar-refractivity contribution in [2.45, 2.75) is 433 Å². The zero-order valence-corrected chi connectivity index (χ0v) is 67.6. The Morgan fingerprint density at radius 1 is 0.280 bits per heavy atom. The number of phosphoric ester groups is 2. The van der Waals surface area contributed by atoms with Crippen molar-refractivity contribution in [1.82, 2.24) is 0 Å². The van der Waals surface area contributed by atoms with Crippen LogP contribution in [0.2, 0.25) is 0 Å². The highest BCUT2D eigenvalue weighted by Crippen LogP contribution is 2.45. The highest BCUT2D eigenvalue weighted by atomic mass is 31.2. The number of hydrogen-bond donors (Lipinski definition) is 3. The number of rotatable bonds is 78. The van der Waals surface area contributed by atoms with Crippen LogP contribution >= 0.6 is 15.6 Å². The summed E-state index contributed by atoms with van der Waals surface area (Å²) in [6.07, 6.45) is 57.3. The van der Waals surface area contributed by atoms with Crippen LogP contribution < -0.4 is 0 Å². The molecular formula is C81H158O17P2. The average molecular weight is 1470 g/mol. The maximum atomic E-state index is 13.1. The normalized spacial score (nSPS) is 14.6. The van der Waals surface area contributed by atoms with Gasteiger partial charge in [0.2, 0.25) is 0 Å². The molecule has 0 heterocycles. The van der Waals surface area contributed by atoms with Gasteiger partial charge in [-0.3, -0.25) is 37.3 Å². The second-order valence-electron chi connectivity index (χ2n) is 30.6. The predicted molar refractivity (Wildman–Crippen MR) is 409 cm³/mol. The largest absolute Gasteiger partial charge is 0.472 e. The first-order valence-corrected chi connectivity index (χ1v) is 44.8. The SMILES string of the molecule is CCC(C)CCCCCCCCCCCCCCCCCCCCC(=O)OC[C@H](COP(=O)(O)OC[C@@H](O)COP(=O)(O)OC[C@@H](COC(=O)CCCCCCCCC(C)CC)OC(=O)CCCCCCCCCCCCCCCCCCC(C)C)OC(=O)CCCCCCCCC(C)C. The topological polar surface area (TPSA) is 237 Å². The van der Waals surface area contributed by atoms with Gasteiger partial charge in [-0.2, -0.15) is 0 Å². The molecule has 0 spiro atoms. The van der Waals surface area contributed by atoms with Gasteiger partial charge < -0.3 is 33.8 Å². The molecule has 19 heteroatoms. The van der Waals surface area contributed by atoms with Crippen molar-refractivity contribution in [2.24, 2.45) is 23.7 Å². The Labute approximate surface area is 613 Å². The number of phosphoric acid groups is 2. The van der Waals surface area contributed by atoms with E-state index in [-0.39, 0.29) is 25.7 Å². The number of aliphatic hydroxyl groups is 1. The number of carbonyl (C=O) groups is 4. The number of carbonyl (C=O) groups excluding carboxylic acids is 4. The first-order chi connectivity index (χ1) is 48.2. The van der Waals surface area contributed by atoms with Gasteiger partial charge in [0, 0.05) is 25.7 Å². The maximum Gasteiger partial charge on any atom is 0.472 e. The summed E-state index contributed by atoms with van der Waals surface area (Å²) in [6, 6.07) is 0. The van der Waals surface area contributed by atoms with E-state index in [9.17, 15) is 43.2 Å². The van der Waals surface area contributed by atoms with Crippen LogP contribution in [0.25, 0.3) is 0 Å². The molecule has 594 valence electrons. The Hall–Kier alpha value is -1.94. The minimum absolute atomic E-state index is 0.102. The van der Waals surface area contributed by atoms with Gasteiger partial charge >= 0.3 is 39.5 Å². The van der Waals surface area contributed by atoms with Crippen LogP contribution in [0.4, 0.5) is 0 Å². The molecule has 0 aromatic heterocycles. The third-order valence-electron chi connectivity index (χ3n) is 19.5. The molecule has 100 heavy (non-hydrogen) atoms. The molecule has 3 N–H and O–H groups in total. The van der Waals surface area contributed by atoms with Crippen molar-refractivity contribution in [2.75, 3.05) is 39.6 Å². The summed E-state index contributed by atoms with van der Waals surface area (Å²) in [5, 5.41) is 10.6. The zero-order chi connectivity index (χ0) is 73.8. The molecule has 0 bridgehead atoms. The zero-order valence-electron chi connectivity index (χ0n) is 65.8. The number of esters is 4. The molecule has 0 rings (SSSR count). The van der Waals surface area contributed by atoms with Gasteiger partial charge in [-0.05, 0) is 49.4 Å². The van der Waals surface area contributed by atoms with E-state index in [2.05, 4.69) is 55.4 Å². The van der Waals surface area contributed by atoms with Gasteiger partial charge in [0.1, 0.15) is 19.3 Å². The first-order valence-electron chi connectivity index (χ1n) is 41.8. The van der Waals surface area contributed by atoms with E-state index in [1.54, 1.807) is 0 Å². The molecule has 4 unspecified atom stereocenters. The van der Waals surface area contributed by atoms with Crippen molar-refractivity contribution >= 4 is 39.5 Å². The fraction of sp³-hybridized carbons (Fsp3) is 0.951. The van der Waals surface area contributed by atoms with Crippen LogP contribution in [0.5, 0.6) is 0 Å². The van der Waals surface area contributed by atoms with Crippen LogP contribution in [0.1, 0.15) is 415 Å². The molecule has 0 amide bonds. The van der Waals surface area contributed by atoms with Crippen molar-refractivity contribution in [1.29, 1.82) is 0 Å². The number of aliphatic hydroxyl groups excluding tert-OH is 1. The number of hydrogen-bond acceptors (Lipinski definition) is 15. The fourth-order valence-corrected chi connectivity index (χ4v) is 13.9. The lowest BCUT2D eigenvalue weighted by molar-refractivity contribution is -0.161. The van der Waals surface area contributed by atoms with Crippen molar-refractivity contribution in [3.8, 4) is 0 Å². The summed E-state index contributed by atoms with van der Waals surface area (Å²) in [4.78, 5) is 72.9. The smallest absolute Gasteiger partial charge is 0.462 e. The minimum atomic E-state index is -4.96. The Morgan fingerprint density at radius 2 is 0.480 bits per heavy atom. The molecule has 17 nitrogen and oxygen atoms in total. The maximum absolute atomic E-state index is 13.1. The van der Waals surface area contributed by atoms with Crippen molar-refractivity contribution in [3.63, 3.8) is 0 Å². The molecule has 0 radical (unpaired) electrons. The van der Waals surface area contributed by atoms with Crippen LogP contribution in [0.3, 0.4) is 0 Å². The summed E-state index contributed by atoms with van der Waals surface area (Å²) < 4.78 is 68.6. The summed E-state index contributed by atoms with van der Waals surface area (Å²) in [6.45, 7) is 14.2. The van der Waals surface area contributed by atoms with Crippen LogP contribution in [0.15, 0.2) is 0 Å². The van der Waals surface area contributed by atoms with E-state index in [0.29, 0.717) is 31.6 Å². The molecule has 0 aliphatic rings. The Morgan fingerprint density at radius 3 is 0.710 bits per heavy atom. The quantitative estimate of drug-likeness (QED) is 0.0222. The summed E-state index contributed by atoms with van der Waals surface area (Å²) in [7, 11) is -9.92. The molecule has 0 fully saturated rings. The molecule has 0 aliphatic carbocycles. The second kappa shape index (κ2) is 70.1. The monoisotopic (exact) mass is 1470 g/mol. The third kappa shape index (κ3) is 71.7. The summed E-state index contributed by atoms with van der Waals surface area (Å²) in [5.41, 5.74) is 0. The summed E-state index contributed by atoms with van der Waals surface area (Å²) >= 11 is 0. The lowest BCUT2D eigenvalue weighted by atomic mass is 9.99. The Bertz CT molecular complexity index is 1960. The average Bonchev–Trinajstić information content (AvgIpc) is 0.927. The number of unbranched alkanes of at least 4 members (excludes halogenated alkanes) is 42. The standard InChI is InChI=1S/C81H158O17P2/c1-9-73(7)59-51-43-34-30-26-22-18-13-11-12-14-19-23-27-31-35-45-53-61-78(83)91-67-77(98-81(86)64-56-48-39-37-42-50-58-72(5)6)70-96-100(89,90)94-66-75(82)65-93-99(87,88)95-69-76(68-92-79(84)62-54-46-40-38-44-52-60-74(8)10-2)97-80(85)63-55-47-36-32-28-24-20-16-15-17-21-25-29-33-41-49-57-71(3)4/h71-77,82H,9-70H2,1-8H3,(H,87,88)(H,89,90)/t73?,74?,75-,76+,77+/m0/s1. The highest BCUT2D eigenvalue weighted by Gasteiger charge is 2.30. The lowest BCUT2D eigenvalue weighted by Crippen LogP contribution is -2.30. The van der Waals surface area contributed by atoms with Gasteiger partial charge in [-0.25, -0.2) is 9.13 Å². The molecule has 0 aromatic carbocycles. The van der Waals surface area contributed by atoms with Gasteiger partial charge in [0.05, 0.1) is 26.4 Å². The van der Waals surface area contributed by atoms with Gasteiger partial charge in [0.25, 0.3) is 0 Å². The van der Waals surface area contributed by atoms with Gasteiger partial charge in [0.15, 0.2) is 12.2 Å². The van der Waals surface area contributed by atoms with Crippen LogP contribution in [-0.2, 0) is 65.4 Å². The minimum Gasteiger partial charge on any atom is -0.462 e. The van der Waals surface area contributed by atoms with Crippen LogP contribution in [-0.4, -0.2) is 96.7 Å². The second-order valence-corrected chi connectivity index (χ2v) is 33.5. The van der Waals surface area contributed by atoms with Gasteiger partial charge in [-0.15, -0.1) is 0 Å².